The van der Waals surface area contributed by atoms with Crippen LogP contribution in [0.25, 0.3) is 0 Å². The molecule has 0 saturated heterocycles. The van der Waals surface area contributed by atoms with Gasteiger partial charge in [-0.15, -0.1) is 0 Å². The lowest BCUT2D eigenvalue weighted by atomic mass is 10.0. The Morgan fingerprint density at radius 3 is 1.92 bits per heavy atom. The fourth-order valence-corrected chi connectivity index (χ4v) is 1.40. The normalized spacial score (nSPS) is 9.85. The summed E-state index contributed by atoms with van der Waals surface area (Å²) in [7, 11) is 3.99. The maximum Gasteiger partial charge on any atom is 0.150 e. The first-order valence-corrected chi connectivity index (χ1v) is 4.30. The number of benzene rings is 1. The summed E-state index contributed by atoms with van der Waals surface area (Å²) >= 11 is 0. The van der Waals surface area contributed by atoms with Crippen LogP contribution in [0.1, 0.15) is 21.5 Å². The summed E-state index contributed by atoms with van der Waals surface area (Å²) in [6.45, 7) is 3.92. The summed E-state index contributed by atoms with van der Waals surface area (Å²) in [6.07, 6.45) is 0.921. The van der Waals surface area contributed by atoms with Crippen LogP contribution < -0.4 is 4.90 Å². The third-order valence-corrected chi connectivity index (χ3v) is 2.21. The molecule has 2 nitrogen and oxygen atoms in total. The number of hydrogen-bond acceptors (Lipinski definition) is 2. The van der Waals surface area contributed by atoms with Gasteiger partial charge in [0.05, 0.1) is 0 Å². The highest BCUT2D eigenvalue weighted by molar-refractivity contribution is 5.81. The van der Waals surface area contributed by atoms with Gasteiger partial charge in [0.2, 0.25) is 0 Å². The Morgan fingerprint density at radius 2 is 1.62 bits per heavy atom. The van der Waals surface area contributed by atoms with E-state index >= 15 is 0 Å². The Hall–Kier alpha value is -1.31. The minimum absolute atomic E-state index is 0.811. The number of hydrogen-bond donors (Lipinski definition) is 0. The van der Waals surface area contributed by atoms with Gasteiger partial charge in [0.1, 0.15) is 0 Å². The molecule has 0 aliphatic heterocycles. The zero-order chi connectivity index (χ0) is 10.0. The van der Waals surface area contributed by atoms with Crippen LogP contribution in [0.2, 0.25) is 0 Å². The van der Waals surface area contributed by atoms with Crippen molar-refractivity contribution < 1.29 is 4.79 Å². The molecule has 0 bridgehead atoms. The summed E-state index contributed by atoms with van der Waals surface area (Å²) in [5.74, 6) is 0. The first-order valence-electron chi connectivity index (χ1n) is 4.30. The lowest BCUT2D eigenvalue weighted by Gasteiger charge is -2.15. The SMILES string of the molecule is Cc1cc(N(C)C)cc(C)c1C=O. The van der Waals surface area contributed by atoms with Crippen LogP contribution in [0.5, 0.6) is 0 Å². The molecule has 1 aromatic rings. The highest BCUT2D eigenvalue weighted by atomic mass is 16.1. The van der Waals surface area contributed by atoms with E-state index in [-0.39, 0.29) is 0 Å². The Bertz CT molecular complexity index is 306. The van der Waals surface area contributed by atoms with Crippen molar-refractivity contribution in [1.82, 2.24) is 0 Å². The van der Waals surface area contributed by atoms with Gasteiger partial charge >= 0.3 is 0 Å². The van der Waals surface area contributed by atoms with Crippen LogP contribution in [0.4, 0.5) is 5.69 Å². The third kappa shape index (κ3) is 1.89. The topological polar surface area (TPSA) is 20.3 Å². The standard InChI is InChI=1S/C11H15NO/c1-8-5-10(12(3)4)6-9(2)11(8)7-13/h5-7H,1-4H3. The molecule has 0 aliphatic carbocycles. The molecule has 0 atom stereocenters. The van der Waals surface area contributed by atoms with Crippen molar-refractivity contribution in [2.45, 2.75) is 13.8 Å². The molecule has 0 aromatic heterocycles. The van der Waals surface area contributed by atoms with Gasteiger partial charge in [-0.1, -0.05) is 0 Å². The summed E-state index contributed by atoms with van der Waals surface area (Å²) in [6, 6.07) is 4.05. The first-order chi connectivity index (χ1) is 6.06. The molecule has 0 amide bonds. The Morgan fingerprint density at radius 1 is 1.15 bits per heavy atom. The molecule has 2 heteroatoms. The van der Waals surface area contributed by atoms with Crippen LogP contribution in [-0.2, 0) is 0 Å². The van der Waals surface area contributed by atoms with Gasteiger partial charge in [-0.25, -0.2) is 0 Å². The Balaban J connectivity index is 3.28. The molecule has 1 rings (SSSR count). The van der Waals surface area contributed by atoms with E-state index in [1.807, 2.05) is 45.0 Å². The van der Waals surface area contributed by atoms with Crippen molar-refractivity contribution in [3.63, 3.8) is 0 Å². The van der Waals surface area contributed by atoms with Gasteiger partial charge in [-0.2, -0.15) is 0 Å². The zero-order valence-electron chi connectivity index (χ0n) is 8.59. The van der Waals surface area contributed by atoms with Gasteiger partial charge in [-0.3, -0.25) is 4.79 Å². The summed E-state index contributed by atoms with van der Waals surface area (Å²) in [5, 5.41) is 0. The largest absolute Gasteiger partial charge is 0.378 e. The zero-order valence-corrected chi connectivity index (χ0v) is 8.59. The molecule has 0 radical (unpaired) electrons. The van der Waals surface area contributed by atoms with E-state index < -0.39 is 0 Å². The van der Waals surface area contributed by atoms with Crippen LogP contribution in [0.15, 0.2) is 12.1 Å². The second kappa shape index (κ2) is 3.60. The molecular formula is C11H15NO. The quantitative estimate of drug-likeness (QED) is 0.645. The number of carbonyl (C=O) groups excluding carboxylic acids is 1. The predicted octanol–water partition coefficient (Wildman–Crippen LogP) is 2.18. The second-order valence-corrected chi connectivity index (χ2v) is 3.51. The summed E-state index contributed by atoms with van der Waals surface area (Å²) in [4.78, 5) is 12.8. The minimum atomic E-state index is 0.811. The Kier molecular flexibility index (Phi) is 2.71. The molecule has 1 aromatic carbocycles. The molecule has 0 heterocycles. The number of aryl methyl sites for hydroxylation is 2. The maximum absolute atomic E-state index is 10.7. The van der Waals surface area contributed by atoms with E-state index in [4.69, 9.17) is 0 Å². The van der Waals surface area contributed by atoms with E-state index in [1.54, 1.807) is 0 Å². The number of anilines is 1. The van der Waals surface area contributed by atoms with Crippen molar-refractivity contribution in [2.24, 2.45) is 0 Å². The summed E-state index contributed by atoms with van der Waals surface area (Å²) in [5.41, 5.74) is 4.03. The monoisotopic (exact) mass is 177 g/mol. The average molecular weight is 177 g/mol. The number of carbonyl (C=O) groups is 1. The van der Waals surface area contributed by atoms with Crippen LogP contribution >= 0.6 is 0 Å². The fourth-order valence-electron chi connectivity index (χ4n) is 1.40. The number of aldehydes is 1. The second-order valence-electron chi connectivity index (χ2n) is 3.51. The lowest BCUT2D eigenvalue weighted by Crippen LogP contribution is -2.09. The average Bonchev–Trinajstić information content (AvgIpc) is 2.03. The van der Waals surface area contributed by atoms with Crippen molar-refractivity contribution in [1.29, 1.82) is 0 Å². The smallest absolute Gasteiger partial charge is 0.150 e. The third-order valence-electron chi connectivity index (χ3n) is 2.21. The minimum Gasteiger partial charge on any atom is -0.378 e. The van der Waals surface area contributed by atoms with E-state index in [9.17, 15) is 4.79 Å². The molecule has 0 saturated carbocycles. The Labute approximate surface area is 79.2 Å². The van der Waals surface area contributed by atoms with E-state index in [2.05, 4.69) is 0 Å². The van der Waals surface area contributed by atoms with E-state index in [0.717, 1.165) is 28.7 Å². The highest BCUT2D eigenvalue weighted by Gasteiger charge is 2.04. The van der Waals surface area contributed by atoms with Crippen LogP contribution in [0.3, 0.4) is 0 Å². The lowest BCUT2D eigenvalue weighted by molar-refractivity contribution is 0.112. The first kappa shape index (κ1) is 9.78. The number of rotatable bonds is 2. The van der Waals surface area contributed by atoms with E-state index in [0.29, 0.717) is 0 Å². The molecule has 0 unspecified atom stereocenters. The molecule has 70 valence electrons. The maximum atomic E-state index is 10.7. The fraction of sp³-hybridized carbons (Fsp3) is 0.364. The van der Waals surface area contributed by atoms with Crippen LogP contribution in [-0.4, -0.2) is 20.4 Å². The van der Waals surface area contributed by atoms with Gasteiger partial charge in [0.15, 0.2) is 6.29 Å². The molecule has 13 heavy (non-hydrogen) atoms. The van der Waals surface area contributed by atoms with Crippen molar-refractivity contribution >= 4 is 12.0 Å². The molecular weight excluding hydrogens is 162 g/mol. The summed E-state index contributed by atoms with van der Waals surface area (Å²) < 4.78 is 0. The number of nitrogens with zero attached hydrogens (tertiary/aromatic N) is 1. The molecule has 0 spiro atoms. The van der Waals surface area contributed by atoms with Gasteiger partial charge in [-0.05, 0) is 37.1 Å². The van der Waals surface area contributed by atoms with Gasteiger partial charge in [0, 0.05) is 25.3 Å². The molecule has 0 aliphatic rings. The van der Waals surface area contributed by atoms with Crippen molar-refractivity contribution in [3.8, 4) is 0 Å². The molecule has 0 N–H and O–H groups in total. The highest BCUT2D eigenvalue weighted by Crippen LogP contribution is 2.20. The van der Waals surface area contributed by atoms with Crippen LogP contribution in [0, 0.1) is 13.8 Å². The van der Waals surface area contributed by atoms with Gasteiger partial charge < -0.3 is 4.90 Å². The van der Waals surface area contributed by atoms with Gasteiger partial charge in [0.25, 0.3) is 0 Å². The van der Waals surface area contributed by atoms with Crippen molar-refractivity contribution in [2.75, 3.05) is 19.0 Å². The molecule has 0 fully saturated rings. The predicted molar refractivity (Wildman–Crippen MR) is 55.6 cm³/mol. The van der Waals surface area contributed by atoms with E-state index in [1.165, 1.54) is 0 Å². The van der Waals surface area contributed by atoms with Crippen molar-refractivity contribution in [3.05, 3.63) is 28.8 Å².